The van der Waals surface area contributed by atoms with Crippen molar-refractivity contribution in [3.05, 3.63) is 141 Å². The monoisotopic (exact) mass is 2050 g/mol. The second-order valence-corrected chi connectivity index (χ2v) is 43.1. The smallest absolute Gasteiger partial charge is 0.246 e. The summed E-state index contributed by atoms with van der Waals surface area (Å²) < 4.78 is 52.8. The van der Waals surface area contributed by atoms with Gasteiger partial charge in [-0.1, -0.05) is 141 Å². The first-order valence-corrected chi connectivity index (χ1v) is 53.6. The molecule has 4 aromatic carbocycles. The van der Waals surface area contributed by atoms with Gasteiger partial charge in [0, 0.05) is 82.2 Å². The fourth-order valence-electron chi connectivity index (χ4n) is 22.7. The highest BCUT2D eigenvalue weighted by molar-refractivity contribution is 6.04. The molecule has 36 nitrogen and oxygen atoms in total. The SMILES string of the molecule is CC(C)[C@H](NC(=O)[C@@H](CCCCNC(=O)COC1CCCCCC2=C1NNN2CCOCCOCCOCCOCCC(=O)NCC[N+](C)(C)C)NC(=O)CCOCCOCCOCCOCCCC(=O)CCC(=O)N1Cc2ccccc2C2=C(NNN2C)c2ccccc21)C(=O)C[C@@H](C)C(=O)N[C@@H](CO)C(=O)Cc1ccc2c(c1)[C@@]1(C)CCC[C@](C)(C(=O)NC(=O)[C@@]3(C)CCC[C@]4(C)c5cc(O)ccc5CC[C@@H]34)[C@@H]1CC2. The number of aromatic hydroxyl groups is 1. The molecule has 12 N–H and O–H groups in total. The number of carbonyl (C=O) groups excluding carboxylic acids is 11. The molecule has 1 unspecified atom stereocenters. The van der Waals surface area contributed by atoms with E-state index in [2.05, 4.69) is 88.8 Å². The number of amides is 8. The number of hydrogen-bond donors (Lipinski definition) is 12. The van der Waals surface area contributed by atoms with E-state index in [1.807, 2.05) is 110 Å². The predicted octanol–water partition coefficient (Wildman–Crippen LogP) is 8.93. The van der Waals surface area contributed by atoms with Gasteiger partial charge in [-0.15, -0.1) is 11.1 Å². The molecule has 0 spiro atoms. The molecule has 2 fully saturated rings. The van der Waals surface area contributed by atoms with Gasteiger partial charge in [0.05, 0.1) is 198 Å². The van der Waals surface area contributed by atoms with Gasteiger partial charge in [-0.2, -0.15) is 0 Å². The van der Waals surface area contributed by atoms with Crippen LogP contribution in [-0.2, 0) is 132 Å². The summed E-state index contributed by atoms with van der Waals surface area (Å²) in [7, 11) is 8.17. The Hall–Kier alpha value is -10.2. The standard InChI is InChI=1S/C111H164N14O22/c1-75(2)100(92(130)68-76(3)104(135)115-88(73-126)91(129)70-77-32-33-78-35-39-94-108(4,85(78)69-77)44-22-46-110(94,6)106(137)117-107(138)111(7)47-23-45-109(5)86-71-82(128)37-34-79(86)36-40-95(109)111)116-105(136)87(28-19-20-48-112-98(133)74-147-93-31-14-12-13-30-90-102(93)119-121-124(90)50-55-142-59-63-146-67-66-144-61-57-140-53-42-96(131)113-49-51-125(9,10)11)114-97(132)43-54-141-58-62-145-65-64-143-60-56-139-52-21-25-81(127)38-41-99(134)123-72-80-24-15-16-26-83(80)103-101(118-120-122(103)8)84-27-17-18-29-89(84)123/h15-18,24,26-27,29,32-34,37,69,71,75-76,87-88,93-95,100,118-121,126H,12-14,19-23,25,28,30-31,35-36,38-68,70,72-74H2,1-11H3,(H6-,112,113,114,115,116,117,128,131,132,133,135,136,137,138)/p+1/t76-,87-,88+,93?,94-,95-,100+,108-,109-,110+,111+/m1/s1. The first kappa shape index (κ1) is 115. The van der Waals surface area contributed by atoms with Gasteiger partial charge in [-0.05, 0) is 176 Å². The van der Waals surface area contributed by atoms with E-state index in [9.17, 15) is 63.0 Å². The van der Waals surface area contributed by atoms with Gasteiger partial charge in [0.1, 0.15) is 36.3 Å². The lowest BCUT2D eigenvalue weighted by Crippen LogP contribution is -2.60. The number of likely N-dealkylation sites (N-methyl/N-ethyl adjacent to an activating group) is 1. The number of rotatable bonds is 60. The van der Waals surface area contributed by atoms with Crippen molar-refractivity contribution in [3.63, 3.8) is 0 Å². The van der Waals surface area contributed by atoms with Crippen LogP contribution in [0.15, 0.2) is 96.3 Å². The summed E-state index contributed by atoms with van der Waals surface area (Å²) in [5.41, 5.74) is 23.0. The van der Waals surface area contributed by atoms with Gasteiger partial charge in [0.15, 0.2) is 11.6 Å². The van der Waals surface area contributed by atoms with Crippen molar-refractivity contribution < 1.29 is 110 Å². The lowest BCUT2D eigenvalue weighted by atomic mass is 9.49. The normalized spacial score (nSPS) is 21.8. The summed E-state index contributed by atoms with van der Waals surface area (Å²) >= 11 is 0. The second-order valence-electron chi connectivity index (χ2n) is 43.1. The van der Waals surface area contributed by atoms with Crippen LogP contribution in [0, 0.1) is 34.5 Å². The summed E-state index contributed by atoms with van der Waals surface area (Å²) in [6.07, 6.45) is 13.0. The molecule has 0 bridgehead atoms. The molecular formula is C111H165N14O22+. The number of ether oxygens (including phenoxy) is 9. The number of aliphatic hydroxyl groups is 1. The maximum absolute atomic E-state index is 15.0. The highest BCUT2D eigenvalue weighted by Gasteiger charge is 2.59. The molecule has 0 radical (unpaired) electrons. The lowest BCUT2D eigenvalue weighted by Gasteiger charge is -2.56. The van der Waals surface area contributed by atoms with E-state index in [4.69, 9.17) is 42.6 Å². The third-order valence-corrected chi connectivity index (χ3v) is 30.9. The lowest BCUT2D eigenvalue weighted by molar-refractivity contribution is -0.869. The van der Waals surface area contributed by atoms with E-state index in [1.54, 1.807) is 24.8 Å². The number of phenolic OH excluding ortho intramolecular Hbond substituents is 1. The number of nitrogens with zero attached hydrogens (tertiary/aromatic N) is 4. The van der Waals surface area contributed by atoms with E-state index in [0.29, 0.717) is 149 Å². The molecule has 2 saturated carbocycles. The zero-order valence-corrected chi connectivity index (χ0v) is 88.7. The summed E-state index contributed by atoms with van der Waals surface area (Å²) in [5.74, 6) is -5.18. The zero-order valence-electron chi connectivity index (χ0n) is 88.7. The van der Waals surface area contributed by atoms with Crippen LogP contribution in [0.4, 0.5) is 5.69 Å². The number of Topliss-reactive ketones (excluding diaryl/α,β-unsaturated/α-hetero) is 3. The number of para-hydroxylation sites is 1. The number of ketones is 3. The molecule has 0 saturated heterocycles. The summed E-state index contributed by atoms with van der Waals surface area (Å²) in [6, 6.07) is 23.8. The molecule has 0 aromatic heterocycles. The van der Waals surface area contributed by atoms with E-state index in [0.717, 1.165) is 144 Å². The molecule has 11 atom stereocenters. The topological polar surface area (TPSA) is 441 Å². The van der Waals surface area contributed by atoms with Crippen LogP contribution in [-0.4, -0.2) is 287 Å². The Balaban J connectivity index is 0.569. The maximum Gasteiger partial charge on any atom is 0.246 e. The van der Waals surface area contributed by atoms with Crippen molar-refractivity contribution in [3.8, 4) is 5.75 Å². The zero-order chi connectivity index (χ0) is 105. The number of nitrogens with one attached hydrogen (secondary N) is 10. The van der Waals surface area contributed by atoms with Gasteiger partial charge < -0.3 is 99.7 Å². The van der Waals surface area contributed by atoms with E-state index in [-0.39, 0.29) is 156 Å². The fourth-order valence-corrected chi connectivity index (χ4v) is 22.7. The number of quaternary nitrogens is 1. The van der Waals surface area contributed by atoms with Crippen molar-refractivity contribution in [2.45, 2.75) is 257 Å². The molecule has 8 aliphatic rings. The highest BCUT2D eigenvalue weighted by atomic mass is 16.6. The van der Waals surface area contributed by atoms with Crippen molar-refractivity contribution >= 4 is 81.7 Å². The summed E-state index contributed by atoms with van der Waals surface area (Å²) in [5, 5.41) is 42.6. The number of phenols is 1. The first-order chi connectivity index (χ1) is 70.6. The number of imide groups is 1. The van der Waals surface area contributed by atoms with Gasteiger partial charge in [0.2, 0.25) is 47.3 Å². The molecule has 36 heteroatoms. The van der Waals surface area contributed by atoms with Crippen molar-refractivity contribution in [2.75, 3.05) is 178 Å². The molecule has 3 aliphatic heterocycles. The molecule has 4 aromatic rings. The van der Waals surface area contributed by atoms with Crippen LogP contribution in [0.2, 0.25) is 0 Å². The minimum atomic E-state index is -1.32. The van der Waals surface area contributed by atoms with E-state index in [1.165, 1.54) is 12.5 Å². The van der Waals surface area contributed by atoms with Crippen LogP contribution < -0.4 is 58.7 Å². The summed E-state index contributed by atoms with van der Waals surface area (Å²) in [4.78, 5) is 155. The van der Waals surface area contributed by atoms with Crippen molar-refractivity contribution in [2.24, 2.45) is 34.5 Å². The molecular weight excluding hydrogens is 1880 g/mol. The van der Waals surface area contributed by atoms with Crippen LogP contribution >= 0.6 is 0 Å². The molecule has 8 amide bonds. The van der Waals surface area contributed by atoms with Crippen molar-refractivity contribution in [1.29, 1.82) is 0 Å². The fraction of sp³-hybridized carbons (Fsp3) is 0.649. The van der Waals surface area contributed by atoms with Crippen LogP contribution in [0.25, 0.3) is 11.4 Å². The molecule has 810 valence electrons. The van der Waals surface area contributed by atoms with Gasteiger partial charge >= 0.3 is 0 Å². The number of unbranched alkanes of at least 4 members (excludes halogenated alkanes) is 1. The molecule has 3 heterocycles. The van der Waals surface area contributed by atoms with Gasteiger partial charge in [0.25, 0.3) is 0 Å². The summed E-state index contributed by atoms with van der Waals surface area (Å²) in [6.45, 7) is 20.2. The number of aryl methyl sites for hydroxylation is 2. The number of carbonyl (C=O) groups is 11. The third-order valence-electron chi connectivity index (χ3n) is 30.9. The number of hydrazine groups is 4. The van der Waals surface area contributed by atoms with Gasteiger partial charge in [-0.25, -0.2) is 0 Å². The number of allylic oxidation sites excluding steroid dienone is 1. The average Bonchev–Trinajstić information content (AvgIpc) is 1.49. The van der Waals surface area contributed by atoms with E-state index < -0.39 is 82.1 Å². The number of fused-ring (bicyclic) bond motifs is 10. The Bertz CT molecular complexity index is 5180. The number of anilines is 1. The Kier molecular flexibility index (Phi) is 44.1. The number of benzene rings is 4. The Morgan fingerprint density at radius 2 is 1.11 bits per heavy atom. The largest absolute Gasteiger partial charge is 0.508 e. The minimum absolute atomic E-state index is 0.00675. The number of aliphatic hydroxyl groups excluding tert-OH is 1. The molecule has 5 aliphatic carbocycles. The minimum Gasteiger partial charge on any atom is -0.508 e. The molecule has 147 heavy (non-hydrogen) atoms. The Morgan fingerprint density at radius 1 is 0.524 bits per heavy atom. The first-order valence-electron chi connectivity index (χ1n) is 53.6. The van der Waals surface area contributed by atoms with Gasteiger partial charge in [-0.3, -0.25) is 68.1 Å². The highest BCUT2D eigenvalue weighted by Crippen LogP contribution is 2.60. The second kappa shape index (κ2) is 56.1. The van der Waals surface area contributed by atoms with Crippen molar-refractivity contribution in [1.82, 2.24) is 63.8 Å². The predicted molar refractivity (Wildman–Crippen MR) is 555 cm³/mol. The quantitative estimate of drug-likeness (QED) is 0.0111. The van der Waals surface area contributed by atoms with E-state index >= 15 is 0 Å². The third kappa shape index (κ3) is 32.0. The van der Waals surface area contributed by atoms with Crippen LogP contribution in [0.5, 0.6) is 5.75 Å². The molecule has 12 rings (SSSR count). The van der Waals surface area contributed by atoms with Crippen LogP contribution in [0.3, 0.4) is 0 Å². The maximum atomic E-state index is 15.0. The Labute approximate surface area is 867 Å². The average molecular weight is 2050 g/mol. The van der Waals surface area contributed by atoms with Crippen LogP contribution in [0.1, 0.15) is 241 Å². The Morgan fingerprint density at radius 3 is 1.74 bits per heavy atom. The number of hydrogen-bond acceptors (Lipinski definition) is 28.